The number of halogens is 2. The highest BCUT2D eigenvalue weighted by Gasteiger charge is 2.21. The van der Waals surface area contributed by atoms with Crippen molar-refractivity contribution in [2.45, 2.75) is 9.96 Å². The summed E-state index contributed by atoms with van der Waals surface area (Å²) in [7, 11) is -3.62. The Bertz CT molecular complexity index is 794. The second-order valence-corrected chi connectivity index (χ2v) is 8.83. The van der Waals surface area contributed by atoms with Crippen molar-refractivity contribution >= 4 is 54.7 Å². The van der Waals surface area contributed by atoms with Crippen LogP contribution >= 0.6 is 38.9 Å². The first-order valence-corrected chi connectivity index (χ1v) is 9.07. The lowest BCUT2D eigenvalue weighted by atomic mass is 10.1. The predicted molar refractivity (Wildman–Crippen MR) is 83.0 cm³/mol. The van der Waals surface area contributed by atoms with Crippen LogP contribution in [0.2, 0.25) is 4.34 Å². The van der Waals surface area contributed by atoms with Gasteiger partial charge in [0.1, 0.15) is 19.9 Å². The number of carbonyl (C=O) groups is 1. The summed E-state index contributed by atoms with van der Waals surface area (Å²) in [5.41, 5.74) is 0.0104. The molecule has 0 amide bonds. The minimum atomic E-state index is -3.62. The fourth-order valence-corrected chi connectivity index (χ4v) is 5.34. The molecule has 21 heavy (non-hydrogen) atoms. The number of hydrogen-bond donors (Lipinski definition) is 2. The summed E-state index contributed by atoms with van der Waals surface area (Å²) in [6, 6.07) is 5.06. The number of carboxylic acids is 1. The fourth-order valence-electron chi connectivity index (χ4n) is 1.62. The molecule has 0 aliphatic rings. The fraction of sp³-hybridized carbons (Fsp3) is 0.0833. The topological polar surface area (TPSA) is 91.7 Å². The lowest BCUT2D eigenvalue weighted by molar-refractivity contribution is 0.0693. The zero-order chi connectivity index (χ0) is 15.8. The van der Waals surface area contributed by atoms with E-state index in [9.17, 15) is 18.3 Å². The van der Waals surface area contributed by atoms with E-state index in [0.29, 0.717) is 8.81 Å². The number of benzene rings is 1. The number of thiophene rings is 1. The molecule has 1 heterocycles. The average molecular weight is 412 g/mol. The first-order chi connectivity index (χ1) is 9.70. The standard InChI is InChI=1S/C12H8BrClO5S2/c13-8-4-10(20-11(8)14)21(18,19)5-6-1-2-7(12(16)17)9(15)3-6/h1-4,15H,5H2,(H,16,17). The first kappa shape index (κ1) is 16.3. The Balaban J connectivity index is 2.33. The third-order valence-electron chi connectivity index (χ3n) is 2.58. The molecule has 5 nitrogen and oxygen atoms in total. The molecule has 9 heteroatoms. The summed E-state index contributed by atoms with van der Waals surface area (Å²) in [4.78, 5) is 10.8. The van der Waals surface area contributed by atoms with E-state index in [1.165, 1.54) is 18.2 Å². The summed E-state index contributed by atoms with van der Waals surface area (Å²) in [5, 5.41) is 18.4. The van der Waals surface area contributed by atoms with Crippen molar-refractivity contribution in [2.24, 2.45) is 0 Å². The molecule has 0 bridgehead atoms. The molecule has 0 aliphatic carbocycles. The predicted octanol–water partition coefficient (Wildman–Crippen LogP) is 3.54. The molecule has 112 valence electrons. The molecule has 2 aromatic rings. The van der Waals surface area contributed by atoms with Crippen molar-refractivity contribution in [3.8, 4) is 5.75 Å². The molecule has 1 aromatic carbocycles. The van der Waals surface area contributed by atoms with Gasteiger partial charge in [0.25, 0.3) is 0 Å². The molecule has 2 N–H and O–H groups in total. The van der Waals surface area contributed by atoms with Gasteiger partial charge in [-0.15, -0.1) is 11.3 Å². The van der Waals surface area contributed by atoms with Gasteiger partial charge in [-0.3, -0.25) is 0 Å². The van der Waals surface area contributed by atoms with Crippen LogP contribution in [0, 0.1) is 0 Å². The van der Waals surface area contributed by atoms with Gasteiger partial charge < -0.3 is 10.2 Å². The van der Waals surface area contributed by atoms with Gasteiger partial charge >= 0.3 is 5.97 Å². The normalized spacial score (nSPS) is 11.5. The molecule has 0 atom stereocenters. The van der Waals surface area contributed by atoms with Crippen LogP contribution in [0.3, 0.4) is 0 Å². The second kappa shape index (κ2) is 5.96. The van der Waals surface area contributed by atoms with Crippen LogP contribution in [0.15, 0.2) is 32.9 Å². The smallest absolute Gasteiger partial charge is 0.339 e. The van der Waals surface area contributed by atoms with Crippen LogP contribution in [0.5, 0.6) is 5.75 Å². The summed E-state index contributed by atoms with van der Waals surface area (Å²) < 4.78 is 25.4. The Morgan fingerprint density at radius 3 is 2.48 bits per heavy atom. The Hall–Kier alpha value is -1.09. The van der Waals surface area contributed by atoms with E-state index in [1.807, 2.05) is 0 Å². The van der Waals surface area contributed by atoms with E-state index in [2.05, 4.69) is 15.9 Å². The molecule has 0 saturated carbocycles. The van der Waals surface area contributed by atoms with E-state index < -0.39 is 21.6 Å². The van der Waals surface area contributed by atoms with E-state index in [0.717, 1.165) is 17.4 Å². The Labute approximate surface area is 137 Å². The van der Waals surface area contributed by atoms with Crippen LogP contribution in [-0.4, -0.2) is 24.6 Å². The van der Waals surface area contributed by atoms with Crippen molar-refractivity contribution < 1.29 is 23.4 Å². The quantitative estimate of drug-likeness (QED) is 0.803. The molecular weight excluding hydrogens is 404 g/mol. The van der Waals surface area contributed by atoms with Crippen molar-refractivity contribution in [2.75, 3.05) is 0 Å². The Morgan fingerprint density at radius 2 is 2.00 bits per heavy atom. The molecule has 0 aliphatic heterocycles. The summed E-state index contributed by atoms with van der Waals surface area (Å²) in [5.74, 6) is -2.11. The maximum Gasteiger partial charge on any atom is 0.339 e. The van der Waals surface area contributed by atoms with Gasteiger partial charge in [-0.2, -0.15) is 0 Å². The lowest BCUT2D eigenvalue weighted by Gasteiger charge is -2.05. The van der Waals surface area contributed by atoms with Crippen molar-refractivity contribution in [3.05, 3.63) is 44.2 Å². The summed E-state index contributed by atoms with van der Waals surface area (Å²) in [6.45, 7) is 0. The number of aromatic hydroxyl groups is 1. The monoisotopic (exact) mass is 410 g/mol. The van der Waals surface area contributed by atoms with Crippen LogP contribution < -0.4 is 0 Å². The Morgan fingerprint density at radius 1 is 1.33 bits per heavy atom. The van der Waals surface area contributed by atoms with Crippen LogP contribution in [-0.2, 0) is 15.6 Å². The maximum atomic E-state index is 12.2. The lowest BCUT2D eigenvalue weighted by Crippen LogP contribution is -2.04. The van der Waals surface area contributed by atoms with Gasteiger partial charge in [0.15, 0.2) is 9.84 Å². The van der Waals surface area contributed by atoms with Gasteiger partial charge in [-0.1, -0.05) is 17.7 Å². The second-order valence-electron chi connectivity index (χ2n) is 4.10. The molecule has 0 saturated heterocycles. The Kier molecular flexibility index (Phi) is 4.62. The van der Waals surface area contributed by atoms with Crippen molar-refractivity contribution in [1.29, 1.82) is 0 Å². The highest BCUT2D eigenvalue weighted by atomic mass is 79.9. The van der Waals surface area contributed by atoms with Crippen LogP contribution in [0.25, 0.3) is 0 Å². The number of phenols is 1. The number of rotatable bonds is 4. The maximum absolute atomic E-state index is 12.2. The van der Waals surface area contributed by atoms with Gasteiger partial charge in [-0.25, -0.2) is 13.2 Å². The molecule has 0 fully saturated rings. The van der Waals surface area contributed by atoms with E-state index >= 15 is 0 Å². The van der Waals surface area contributed by atoms with Crippen molar-refractivity contribution in [1.82, 2.24) is 0 Å². The third kappa shape index (κ3) is 3.57. The zero-order valence-corrected chi connectivity index (χ0v) is 14.2. The van der Waals surface area contributed by atoms with Crippen molar-refractivity contribution in [3.63, 3.8) is 0 Å². The molecule has 0 unspecified atom stereocenters. The summed E-state index contributed by atoms with van der Waals surface area (Å²) in [6.07, 6.45) is 0. The molecule has 1 aromatic heterocycles. The SMILES string of the molecule is O=C(O)c1ccc(CS(=O)(=O)c2cc(Br)c(Cl)s2)cc1O. The third-order valence-corrected chi connectivity index (χ3v) is 7.30. The average Bonchev–Trinajstić information content (AvgIpc) is 2.69. The molecular formula is C12H8BrClO5S2. The highest BCUT2D eigenvalue weighted by Crippen LogP contribution is 2.36. The number of carboxylic acid groups (broad SMARTS) is 1. The van der Waals surface area contributed by atoms with E-state index in [4.69, 9.17) is 16.7 Å². The van der Waals surface area contributed by atoms with Gasteiger partial charge in [0.2, 0.25) is 0 Å². The zero-order valence-electron chi connectivity index (χ0n) is 10.2. The molecule has 0 radical (unpaired) electrons. The number of aromatic carboxylic acids is 1. The highest BCUT2D eigenvalue weighted by molar-refractivity contribution is 9.10. The molecule has 0 spiro atoms. The largest absolute Gasteiger partial charge is 0.507 e. The van der Waals surface area contributed by atoms with E-state index in [1.54, 1.807) is 0 Å². The number of hydrogen-bond acceptors (Lipinski definition) is 5. The number of sulfone groups is 1. The molecule has 2 rings (SSSR count). The minimum absolute atomic E-state index is 0.0983. The van der Waals surface area contributed by atoms with Crippen LogP contribution in [0.1, 0.15) is 15.9 Å². The van der Waals surface area contributed by atoms with E-state index in [-0.39, 0.29) is 21.1 Å². The first-order valence-electron chi connectivity index (χ1n) is 5.43. The minimum Gasteiger partial charge on any atom is -0.507 e. The van der Waals surface area contributed by atoms with Gasteiger partial charge in [0.05, 0.1) is 5.75 Å². The van der Waals surface area contributed by atoms with Gasteiger partial charge in [0, 0.05) is 4.47 Å². The van der Waals surface area contributed by atoms with Gasteiger partial charge in [-0.05, 0) is 39.7 Å². The summed E-state index contributed by atoms with van der Waals surface area (Å²) >= 11 is 9.89. The van der Waals surface area contributed by atoms with Crippen LogP contribution in [0.4, 0.5) is 0 Å².